The third-order valence-corrected chi connectivity index (χ3v) is 3.32. The minimum atomic E-state index is -0.341. The third-order valence-electron chi connectivity index (χ3n) is 3.32. The molecule has 5 nitrogen and oxygen atoms in total. The first kappa shape index (κ1) is 13.0. The van der Waals surface area contributed by atoms with Crippen LogP contribution in [0.5, 0.6) is 0 Å². The maximum absolute atomic E-state index is 10.9. The first-order valence-electron chi connectivity index (χ1n) is 6.54. The summed E-state index contributed by atoms with van der Waals surface area (Å²) in [6.07, 6.45) is 5.81. The second-order valence-electron chi connectivity index (χ2n) is 4.83. The summed E-state index contributed by atoms with van der Waals surface area (Å²) in [6.45, 7) is 3.09. The summed E-state index contributed by atoms with van der Waals surface area (Å²) in [7, 11) is 0. The molecule has 1 aromatic rings. The lowest BCUT2D eigenvalue weighted by molar-refractivity contribution is -0.386. The first-order chi connectivity index (χ1) is 8.72. The number of pyridine rings is 1. The van der Waals surface area contributed by atoms with E-state index in [2.05, 4.69) is 17.2 Å². The van der Waals surface area contributed by atoms with Crippen LogP contribution in [0.15, 0.2) is 18.3 Å². The van der Waals surface area contributed by atoms with Gasteiger partial charge < -0.3 is 5.32 Å². The van der Waals surface area contributed by atoms with E-state index in [1.54, 1.807) is 12.3 Å². The molecule has 0 radical (unpaired) electrons. The zero-order chi connectivity index (χ0) is 13.0. The molecule has 0 spiro atoms. The van der Waals surface area contributed by atoms with Crippen molar-refractivity contribution in [3.63, 3.8) is 0 Å². The molecule has 0 saturated heterocycles. The lowest BCUT2D eigenvalue weighted by Crippen LogP contribution is -2.34. The minimum Gasteiger partial charge on any atom is -0.313 e. The summed E-state index contributed by atoms with van der Waals surface area (Å²) in [6, 6.07) is 3.48. The molecule has 98 valence electrons. The highest BCUT2D eigenvalue weighted by atomic mass is 16.6. The largest absolute Gasteiger partial charge is 0.313 e. The van der Waals surface area contributed by atoms with Gasteiger partial charge in [0.05, 0.1) is 4.92 Å². The predicted molar refractivity (Wildman–Crippen MR) is 69.4 cm³/mol. The van der Waals surface area contributed by atoms with Crippen molar-refractivity contribution in [2.45, 2.75) is 38.6 Å². The average molecular weight is 249 g/mol. The van der Waals surface area contributed by atoms with Gasteiger partial charge in [-0.3, -0.25) is 15.1 Å². The zero-order valence-electron chi connectivity index (χ0n) is 10.6. The van der Waals surface area contributed by atoms with Crippen LogP contribution in [0, 0.1) is 16.0 Å². The van der Waals surface area contributed by atoms with Crippen LogP contribution in [-0.2, 0) is 6.42 Å². The van der Waals surface area contributed by atoms with Gasteiger partial charge in [0, 0.05) is 24.7 Å². The highest BCUT2D eigenvalue weighted by molar-refractivity contribution is 5.35. The van der Waals surface area contributed by atoms with E-state index in [4.69, 9.17) is 0 Å². The van der Waals surface area contributed by atoms with Crippen LogP contribution < -0.4 is 5.32 Å². The second-order valence-corrected chi connectivity index (χ2v) is 4.83. The molecular weight excluding hydrogens is 230 g/mol. The molecule has 1 aromatic heterocycles. The van der Waals surface area contributed by atoms with Crippen LogP contribution in [0.3, 0.4) is 0 Å². The van der Waals surface area contributed by atoms with Crippen LogP contribution in [0.2, 0.25) is 0 Å². The fourth-order valence-corrected chi connectivity index (χ4v) is 2.20. The van der Waals surface area contributed by atoms with E-state index in [1.807, 2.05) is 0 Å². The molecule has 0 amide bonds. The van der Waals surface area contributed by atoms with E-state index in [-0.39, 0.29) is 10.6 Å². The van der Waals surface area contributed by atoms with E-state index >= 15 is 0 Å². The lowest BCUT2D eigenvalue weighted by Gasteiger charge is -2.17. The van der Waals surface area contributed by atoms with Crippen molar-refractivity contribution in [3.8, 4) is 0 Å². The van der Waals surface area contributed by atoms with Crippen LogP contribution >= 0.6 is 0 Å². The number of aromatic nitrogens is 1. The van der Waals surface area contributed by atoms with E-state index < -0.39 is 0 Å². The molecule has 1 unspecified atom stereocenters. The fourth-order valence-electron chi connectivity index (χ4n) is 2.20. The van der Waals surface area contributed by atoms with E-state index in [0.29, 0.717) is 24.1 Å². The number of rotatable bonds is 7. The van der Waals surface area contributed by atoms with Crippen molar-refractivity contribution in [1.29, 1.82) is 0 Å². The lowest BCUT2D eigenvalue weighted by atomic mass is 10.0. The van der Waals surface area contributed by atoms with Gasteiger partial charge in [0.1, 0.15) is 5.69 Å². The fraction of sp³-hybridized carbons (Fsp3) is 0.615. The Labute approximate surface area is 107 Å². The molecular formula is C13H19N3O2. The van der Waals surface area contributed by atoms with Gasteiger partial charge in [-0.05, 0) is 37.8 Å². The van der Waals surface area contributed by atoms with Gasteiger partial charge in [-0.2, -0.15) is 0 Å². The van der Waals surface area contributed by atoms with Gasteiger partial charge in [-0.15, -0.1) is 0 Å². The highest BCUT2D eigenvalue weighted by Crippen LogP contribution is 2.34. The van der Waals surface area contributed by atoms with Crippen LogP contribution in [0.25, 0.3) is 0 Å². The Morgan fingerprint density at radius 3 is 3.00 bits per heavy atom. The molecule has 2 rings (SSSR count). The molecule has 0 bridgehead atoms. The number of hydrogen-bond acceptors (Lipinski definition) is 4. The topological polar surface area (TPSA) is 68.1 Å². The molecule has 1 aliphatic carbocycles. The number of nitro groups is 1. The van der Waals surface area contributed by atoms with Gasteiger partial charge in [0.2, 0.25) is 0 Å². The Kier molecular flexibility index (Phi) is 4.25. The molecule has 1 aliphatic rings. The average Bonchev–Trinajstić information content (AvgIpc) is 3.19. The minimum absolute atomic E-state index is 0.140. The smallest absolute Gasteiger partial charge is 0.290 e. The summed E-state index contributed by atoms with van der Waals surface area (Å²) < 4.78 is 0. The van der Waals surface area contributed by atoms with Crippen molar-refractivity contribution in [3.05, 3.63) is 34.1 Å². The van der Waals surface area contributed by atoms with Gasteiger partial charge in [0.25, 0.3) is 5.69 Å². The van der Waals surface area contributed by atoms with E-state index in [1.165, 1.54) is 18.9 Å². The highest BCUT2D eigenvalue weighted by Gasteiger charge is 2.32. The van der Waals surface area contributed by atoms with E-state index in [9.17, 15) is 10.1 Å². The molecule has 5 heteroatoms. The van der Waals surface area contributed by atoms with Crippen LogP contribution in [-0.4, -0.2) is 22.5 Å². The Hall–Kier alpha value is -1.49. The molecule has 1 fully saturated rings. The van der Waals surface area contributed by atoms with Crippen molar-refractivity contribution in [2.75, 3.05) is 6.54 Å². The molecule has 0 aromatic carbocycles. The molecule has 1 heterocycles. The van der Waals surface area contributed by atoms with Crippen LogP contribution in [0.4, 0.5) is 5.69 Å². The van der Waals surface area contributed by atoms with Crippen molar-refractivity contribution >= 4 is 5.69 Å². The van der Waals surface area contributed by atoms with Gasteiger partial charge in [-0.25, -0.2) is 0 Å². The monoisotopic (exact) mass is 249 g/mol. The normalized spacial score (nSPS) is 16.5. The summed E-state index contributed by atoms with van der Waals surface area (Å²) in [4.78, 5) is 14.8. The Balaban J connectivity index is 2.08. The SMILES string of the molecule is CCCNC(Cc1ncccc1[N+](=O)[O-])C1CC1. The molecule has 1 N–H and O–H groups in total. The zero-order valence-corrected chi connectivity index (χ0v) is 10.6. The molecule has 0 aliphatic heterocycles. The second kappa shape index (κ2) is 5.91. The van der Waals surface area contributed by atoms with Crippen molar-refractivity contribution in [1.82, 2.24) is 10.3 Å². The first-order valence-corrected chi connectivity index (χ1v) is 6.54. The number of hydrogen-bond donors (Lipinski definition) is 1. The van der Waals surface area contributed by atoms with Crippen LogP contribution in [0.1, 0.15) is 31.9 Å². The maximum atomic E-state index is 10.9. The summed E-state index contributed by atoms with van der Waals surface area (Å²) in [5, 5.41) is 14.4. The van der Waals surface area contributed by atoms with Gasteiger partial charge >= 0.3 is 0 Å². The van der Waals surface area contributed by atoms with E-state index in [0.717, 1.165) is 13.0 Å². The summed E-state index contributed by atoms with van der Waals surface area (Å²) in [5.41, 5.74) is 0.740. The van der Waals surface area contributed by atoms with Gasteiger partial charge in [-0.1, -0.05) is 6.92 Å². The summed E-state index contributed by atoms with van der Waals surface area (Å²) >= 11 is 0. The third kappa shape index (κ3) is 3.26. The summed E-state index contributed by atoms with van der Waals surface area (Å²) in [5.74, 6) is 0.665. The Bertz CT molecular complexity index is 418. The quantitative estimate of drug-likeness (QED) is 0.594. The molecule has 18 heavy (non-hydrogen) atoms. The Morgan fingerprint density at radius 2 is 2.39 bits per heavy atom. The predicted octanol–water partition coefficient (Wildman–Crippen LogP) is 2.31. The molecule has 1 saturated carbocycles. The maximum Gasteiger partial charge on any atom is 0.290 e. The van der Waals surface area contributed by atoms with Crippen molar-refractivity contribution < 1.29 is 4.92 Å². The number of nitrogens with zero attached hydrogens (tertiary/aromatic N) is 2. The molecule has 1 atom stereocenters. The number of nitrogens with one attached hydrogen (secondary N) is 1. The standard InChI is InChI=1S/C13H19N3O2/c1-2-7-14-11(10-5-6-10)9-12-13(16(17)18)4-3-8-15-12/h3-4,8,10-11,14H,2,5-7,9H2,1H3. The Morgan fingerprint density at radius 1 is 1.61 bits per heavy atom. The van der Waals surface area contributed by atoms with Crippen molar-refractivity contribution in [2.24, 2.45) is 5.92 Å². The van der Waals surface area contributed by atoms with Gasteiger partial charge in [0.15, 0.2) is 0 Å².